The summed E-state index contributed by atoms with van der Waals surface area (Å²) in [6.07, 6.45) is 2.28. The normalized spacial score (nSPS) is 14.2. The summed E-state index contributed by atoms with van der Waals surface area (Å²) in [5.41, 5.74) is 1.64. The van der Waals surface area contributed by atoms with Gasteiger partial charge in [0.05, 0.1) is 12.2 Å². The number of halogens is 1. The Bertz CT molecular complexity index is 813. The van der Waals surface area contributed by atoms with Gasteiger partial charge in [-0.05, 0) is 41.5 Å². The first-order valence-electron chi connectivity index (χ1n) is 8.11. The van der Waals surface area contributed by atoms with Crippen molar-refractivity contribution >= 4 is 0 Å². The molecule has 0 aliphatic heterocycles. The van der Waals surface area contributed by atoms with E-state index in [1.54, 1.807) is 10.7 Å². The maximum Gasteiger partial charge on any atom is 0.170 e. The molecule has 122 valence electrons. The molecule has 1 aromatic heterocycles. The molecule has 24 heavy (non-hydrogen) atoms. The Labute approximate surface area is 139 Å². The van der Waals surface area contributed by atoms with Gasteiger partial charge in [-0.1, -0.05) is 36.4 Å². The number of tetrazole rings is 1. The maximum absolute atomic E-state index is 14.0. The molecule has 1 aliphatic rings. The summed E-state index contributed by atoms with van der Waals surface area (Å²) in [7, 11) is 0. The van der Waals surface area contributed by atoms with Gasteiger partial charge < -0.3 is 0 Å². The van der Waals surface area contributed by atoms with Gasteiger partial charge in [0.1, 0.15) is 5.82 Å². The van der Waals surface area contributed by atoms with E-state index in [2.05, 4.69) is 20.4 Å². The molecule has 1 saturated carbocycles. The zero-order valence-electron chi connectivity index (χ0n) is 13.2. The first kappa shape index (κ1) is 15.0. The third-order valence-corrected chi connectivity index (χ3v) is 4.27. The van der Waals surface area contributed by atoms with E-state index >= 15 is 0 Å². The molecule has 2 aromatic carbocycles. The van der Waals surface area contributed by atoms with Crippen LogP contribution in [0.15, 0.2) is 54.6 Å². The van der Waals surface area contributed by atoms with Crippen LogP contribution in [-0.2, 0) is 13.1 Å². The minimum atomic E-state index is -0.161. The third-order valence-electron chi connectivity index (χ3n) is 4.27. The molecule has 3 aromatic rings. The van der Waals surface area contributed by atoms with Crippen LogP contribution >= 0.6 is 0 Å². The van der Waals surface area contributed by atoms with Crippen LogP contribution < -0.4 is 0 Å². The van der Waals surface area contributed by atoms with Gasteiger partial charge in [-0.15, -0.1) is 5.10 Å². The van der Waals surface area contributed by atoms with Crippen LogP contribution in [0.25, 0.3) is 5.69 Å². The molecule has 0 unspecified atom stereocenters. The smallest absolute Gasteiger partial charge is 0.170 e. The standard InChI is InChI=1S/C18H18FN5/c19-17-9-5-4-6-14(17)12-23(15-10-11-15)13-18-20-21-22-24(18)16-7-2-1-3-8-16/h1-9,15H,10-13H2. The average Bonchev–Trinajstić information content (AvgIpc) is 3.36. The van der Waals surface area contributed by atoms with E-state index in [-0.39, 0.29) is 5.82 Å². The van der Waals surface area contributed by atoms with Crippen molar-refractivity contribution < 1.29 is 4.39 Å². The topological polar surface area (TPSA) is 46.8 Å². The van der Waals surface area contributed by atoms with Crippen molar-refractivity contribution in [1.82, 2.24) is 25.1 Å². The number of rotatable bonds is 6. The van der Waals surface area contributed by atoms with Gasteiger partial charge in [0.15, 0.2) is 5.82 Å². The minimum absolute atomic E-state index is 0.161. The Morgan fingerprint density at radius 1 is 1.00 bits per heavy atom. The Morgan fingerprint density at radius 2 is 1.75 bits per heavy atom. The van der Waals surface area contributed by atoms with Crippen LogP contribution in [0.3, 0.4) is 0 Å². The number of hydrogen-bond acceptors (Lipinski definition) is 4. The van der Waals surface area contributed by atoms with Crippen molar-refractivity contribution in [2.45, 2.75) is 32.0 Å². The number of hydrogen-bond donors (Lipinski definition) is 0. The third kappa shape index (κ3) is 3.19. The summed E-state index contributed by atoms with van der Waals surface area (Å²) in [4.78, 5) is 2.25. The van der Waals surface area contributed by atoms with E-state index in [4.69, 9.17) is 0 Å². The monoisotopic (exact) mass is 323 g/mol. The summed E-state index contributed by atoms with van der Waals surface area (Å²) in [5, 5.41) is 12.1. The lowest BCUT2D eigenvalue weighted by molar-refractivity contribution is 0.234. The van der Waals surface area contributed by atoms with Crippen molar-refractivity contribution in [3.8, 4) is 5.69 Å². The number of benzene rings is 2. The Hall–Kier alpha value is -2.60. The zero-order valence-corrected chi connectivity index (χ0v) is 13.2. The molecule has 0 radical (unpaired) electrons. The van der Waals surface area contributed by atoms with Gasteiger partial charge in [0, 0.05) is 18.2 Å². The van der Waals surface area contributed by atoms with E-state index in [9.17, 15) is 4.39 Å². The molecule has 4 rings (SSSR count). The summed E-state index contributed by atoms with van der Waals surface area (Å²) < 4.78 is 15.7. The highest BCUT2D eigenvalue weighted by Crippen LogP contribution is 2.30. The molecule has 6 heteroatoms. The SMILES string of the molecule is Fc1ccccc1CN(Cc1nnnn1-c1ccccc1)C1CC1. The Morgan fingerprint density at radius 3 is 2.50 bits per heavy atom. The fourth-order valence-electron chi connectivity index (χ4n) is 2.85. The van der Waals surface area contributed by atoms with Crippen LogP contribution in [0.1, 0.15) is 24.2 Å². The predicted molar refractivity (Wildman–Crippen MR) is 87.8 cm³/mol. The lowest BCUT2D eigenvalue weighted by Gasteiger charge is -2.21. The molecule has 0 N–H and O–H groups in total. The number of nitrogens with zero attached hydrogens (tertiary/aromatic N) is 5. The fourth-order valence-corrected chi connectivity index (χ4v) is 2.85. The van der Waals surface area contributed by atoms with E-state index < -0.39 is 0 Å². The predicted octanol–water partition coefficient (Wildman–Crippen LogP) is 2.97. The lowest BCUT2D eigenvalue weighted by atomic mass is 10.2. The maximum atomic E-state index is 14.0. The quantitative estimate of drug-likeness (QED) is 0.700. The van der Waals surface area contributed by atoms with Crippen LogP contribution in [0.2, 0.25) is 0 Å². The van der Waals surface area contributed by atoms with E-state index in [1.165, 1.54) is 6.07 Å². The zero-order chi connectivity index (χ0) is 16.4. The average molecular weight is 323 g/mol. The Kier molecular flexibility index (Phi) is 4.04. The van der Waals surface area contributed by atoms with Crippen molar-refractivity contribution in [3.05, 3.63) is 71.8 Å². The minimum Gasteiger partial charge on any atom is -0.289 e. The summed E-state index contributed by atoms with van der Waals surface area (Å²) in [6.45, 7) is 1.17. The van der Waals surface area contributed by atoms with Gasteiger partial charge in [-0.25, -0.2) is 4.39 Å². The second kappa shape index (κ2) is 6.49. The molecule has 1 aliphatic carbocycles. The van der Waals surface area contributed by atoms with Crippen LogP contribution in [-0.4, -0.2) is 31.1 Å². The number of para-hydroxylation sites is 1. The van der Waals surface area contributed by atoms with Crippen LogP contribution in [0.4, 0.5) is 4.39 Å². The van der Waals surface area contributed by atoms with Crippen LogP contribution in [0, 0.1) is 5.82 Å². The molecule has 1 fully saturated rings. The van der Waals surface area contributed by atoms with Crippen LogP contribution in [0.5, 0.6) is 0 Å². The first-order chi connectivity index (χ1) is 11.8. The Balaban J connectivity index is 1.57. The second-order valence-corrected chi connectivity index (χ2v) is 6.07. The van der Waals surface area contributed by atoms with Gasteiger partial charge in [0.2, 0.25) is 0 Å². The van der Waals surface area contributed by atoms with Gasteiger partial charge >= 0.3 is 0 Å². The molecule has 1 heterocycles. The van der Waals surface area contributed by atoms with E-state index in [0.717, 1.165) is 24.4 Å². The van der Waals surface area contributed by atoms with Gasteiger partial charge in [-0.3, -0.25) is 4.90 Å². The van der Waals surface area contributed by atoms with Crippen molar-refractivity contribution in [3.63, 3.8) is 0 Å². The van der Waals surface area contributed by atoms with E-state index in [1.807, 2.05) is 42.5 Å². The highest BCUT2D eigenvalue weighted by Gasteiger charge is 2.30. The van der Waals surface area contributed by atoms with Crippen molar-refractivity contribution in [2.75, 3.05) is 0 Å². The fraction of sp³-hybridized carbons (Fsp3) is 0.278. The lowest BCUT2D eigenvalue weighted by Crippen LogP contribution is -2.27. The van der Waals surface area contributed by atoms with Gasteiger partial charge in [0.25, 0.3) is 0 Å². The van der Waals surface area contributed by atoms with Crippen molar-refractivity contribution in [1.29, 1.82) is 0 Å². The second-order valence-electron chi connectivity index (χ2n) is 6.07. The largest absolute Gasteiger partial charge is 0.289 e. The molecular formula is C18H18FN5. The van der Waals surface area contributed by atoms with Crippen molar-refractivity contribution in [2.24, 2.45) is 0 Å². The molecule has 5 nitrogen and oxygen atoms in total. The summed E-state index contributed by atoms with van der Waals surface area (Å²) >= 11 is 0. The van der Waals surface area contributed by atoms with E-state index in [0.29, 0.717) is 24.7 Å². The molecule has 0 atom stereocenters. The highest BCUT2D eigenvalue weighted by molar-refractivity contribution is 5.30. The first-order valence-corrected chi connectivity index (χ1v) is 8.11. The number of aromatic nitrogens is 4. The molecule has 0 saturated heterocycles. The highest BCUT2D eigenvalue weighted by atomic mass is 19.1. The van der Waals surface area contributed by atoms with Gasteiger partial charge in [-0.2, -0.15) is 4.68 Å². The molecule has 0 bridgehead atoms. The summed E-state index contributed by atoms with van der Waals surface area (Å²) in [6, 6.07) is 17.2. The molecular weight excluding hydrogens is 305 g/mol. The molecule has 0 spiro atoms. The molecule has 0 amide bonds. The summed E-state index contributed by atoms with van der Waals surface area (Å²) in [5.74, 6) is 0.607.